The molecule has 0 radical (unpaired) electrons. The summed E-state index contributed by atoms with van der Waals surface area (Å²) in [5, 5.41) is 4.07. The van der Waals surface area contributed by atoms with Crippen molar-refractivity contribution in [2.75, 3.05) is 11.3 Å². The fraction of sp³-hybridized carbons (Fsp3) is 0.133. The van der Waals surface area contributed by atoms with Crippen molar-refractivity contribution in [3.05, 3.63) is 61.2 Å². The summed E-state index contributed by atoms with van der Waals surface area (Å²) in [5.41, 5.74) is 0. The Morgan fingerprint density at radius 2 is 1.79 bits per heavy atom. The SMILES string of the molecule is O=S(=O)(Nc1ncccn1)c1ccc(OCCn2cccn2)cc1. The summed E-state index contributed by atoms with van der Waals surface area (Å²) in [6.07, 6.45) is 6.46. The summed E-state index contributed by atoms with van der Waals surface area (Å²) in [5.74, 6) is 0.606. The predicted molar refractivity (Wildman–Crippen MR) is 87.0 cm³/mol. The molecule has 0 aliphatic heterocycles. The lowest BCUT2D eigenvalue weighted by atomic mass is 10.3. The Balaban J connectivity index is 1.61. The van der Waals surface area contributed by atoms with E-state index in [0.717, 1.165) is 0 Å². The van der Waals surface area contributed by atoms with E-state index in [9.17, 15) is 8.42 Å². The summed E-state index contributed by atoms with van der Waals surface area (Å²) in [7, 11) is -3.73. The molecule has 0 fully saturated rings. The molecule has 3 rings (SSSR count). The fourth-order valence-electron chi connectivity index (χ4n) is 1.94. The fourth-order valence-corrected chi connectivity index (χ4v) is 2.89. The molecular weight excluding hydrogens is 330 g/mol. The Kier molecular flexibility index (Phi) is 4.71. The molecule has 9 heteroatoms. The van der Waals surface area contributed by atoms with Gasteiger partial charge < -0.3 is 4.74 Å². The van der Waals surface area contributed by atoms with Crippen molar-refractivity contribution in [1.29, 1.82) is 0 Å². The minimum Gasteiger partial charge on any atom is -0.492 e. The number of nitrogens with zero attached hydrogens (tertiary/aromatic N) is 4. The highest BCUT2D eigenvalue weighted by Gasteiger charge is 2.15. The van der Waals surface area contributed by atoms with Crippen molar-refractivity contribution < 1.29 is 13.2 Å². The van der Waals surface area contributed by atoms with Crippen LogP contribution in [0.5, 0.6) is 5.75 Å². The monoisotopic (exact) mass is 345 g/mol. The molecule has 1 aromatic carbocycles. The van der Waals surface area contributed by atoms with Crippen molar-refractivity contribution in [2.24, 2.45) is 0 Å². The first-order valence-electron chi connectivity index (χ1n) is 7.14. The predicted octanol–water partition coefficient (Wildman–Crippen LogP) is 1.55. The Hall–Kier alpha value is -2.94. The van der Waals surface area contributed by atoms with Crippen LogP contribution in [0.4, 0.5) is 5.95 Å². The number of ether oxygens (including phenoxy) is 1. The van der Waals surface area contributed by atoms with Gasteiger partial charge in [-0.05, 0) is 36.4 Å². The molecule has 3 aromatic rings. The Morgan fingerprint density at radius 1 is 1.04 bits per heavy atom. The van der Waals surface area contributed by atoms with E-state index in [0.29, 0.717) is 18.9 Å². The molecule has 0 spiro atoms. The lowest BCUT2D eigenvalue weighted by Gasteiger charge is -2.09. The number of hydrogen-bond acceptors (Lipinski definition) is 6. The van der Waals surface area contributed by atoms with E-state index in [1.807, 2.05) is 12.3 Å². The number of sulfonamides is 1. The number of hydrogen-bond donors (Lipinski definition) is 1. The first kappa shape index (κ1) is 15.9. The lowest BCUT2D eigenvalue weighted by molar-refractivity contribution is 0.291. The minimum absolute atomic E-state index is 0.0250. The first-order valence-corrected chi connectivity index (χ1v) is 8.62. The second-order valence-electron chi connectivity index (χ2n) is 4.77. The van der Waals surface area contributed by atoms with E-state index in [1.165, 1.54) is 24.5 Å². The van der Waals surface area contributed by atoms with Gasteiger partial charge in [0.05, 0.1) is 11.4 Å². The first-order chi connectivity index (χ1) is 11.6. The van der Waals surface area contributed by atoms with Gasteiger partial charge in [-0.15, -0.1) is 0 Å². The van der Waals surface area contributed by atoms with Crippen LogP contribution < -0.4 is 9.46 Å². The molecule has 0 aliphatic carbocycles. The van der Waals surface area contributed by atoms with Gasteiger partial charge in [0, 0.05) is 24.8 Å². The number of nitrogens with one attached hydrogen (secondary N) is 1. The van der Waals surface area contributed by atoms with E-state index in [4.69, 9.17) is 4.74 Å². The maximum atomic E-state index is 12.2. The second kappa shape index (κ2) is 7.09. The molecule has 0 amide bonds. The van der Waals surface area contributed by atoms with Crippen LogP contribution in [0, 0.1) is 0 Å². The van der Waals surface area contributed by atoms with Crippen LogP contribution in [0.2, 0.25) is 0 Å². The van der Waals surface area contributed by atoms with Gasteiger partial charge in [-0.3, -0.25) is 4.68 Å². The third kappa shape index (κ3) is 4.07. The zero-order chi connectivity index (χ0) is 16.8. The molecule has 24 heavy (non-hydrogen) atoms. The van der Waals surface area contributed by atoms with Gasteiger partial charge in [0.15, 0.2) is 0 Å². The van der Waals surface area contributed by atoms with Gasteiger partial charge in [0.25, 0.3) is 10.0 Å². The maximum Gasteiger partial charge on any atom is 0.264 e. The van der Waals surface area contributed by atoms with Crippen LogP contribution >= 0.6 is 0 Å². The van der Waals surface area contributed by atoms with Crippen LogP contribution in [-0.2, 0) is 16.6 Å². The molecule has 0 atom stereocenters. The van der Waals surface area contributed by atoms with Crippen molar-refractivity contribution >= 4 is 16.0 Å². The summed E-state index contributed by atoms with van der Waals surface area (Å²) in [6.45, 7) is 1.05. The van der Waals surface area contributed by atoms with Gasteiger partial charge in [-0.1, -0.05) is 0 Å². The van der Waals surface area contributed by atoms with Gasteiger partial charge in [-0.25, -0.2) is 23.1 Å². The van der Waals surface area contributed by atoms with E-state index in [1.54, 1.807) is 29.1 Å². The topological polar surface area (TPSA) is 99.0 Å². The molecule has 124 valence electrons. The van der Waals surface area contributed by atoms with Gasteiger partial charge >= 0.3 is 0 Å². The van der Waals surface area contributed by atoms with Crippen LogP contribution in [0.15, 0.2) is 66.1 Å². The second-order valence-corrected chi connectivity index (χ2v) is 6.45. The molecule has 0 bridgehead atoms. The standard InChI is InChI=1S/C15H15N5O3S/c21-24(22,19-15-16-7-1-8-17-15)14-5-3-13(4-6-14)23-12-11-20-10-2-9-18-20/h1-10H,11-12H2,(H,16,17,19). The quantitative estimate of drug-likeness (QED) is 0.697. The molecule has 2 aromatic heterocycles. The minimum atomic E-state index is -3.73. The average molecular weight is 345 g/mol. The van der Waals surface area contributed by atoms with E-state index in [-0.39, 0.29) is 10.8 Å². The molecule has 2 heterocycles. The van der Waals surface area contributed by atoms with Gasteiger partial charge in [0.2, 0.25) is 5.95 Å². The van der Waals surface area contributed by atoms with Crippen LogP contribution in [0.3, 0.4) is 0 Å². The normalized spacial score (nSPS) is 11.2. The molecule has 0 saturated heterocycles. The number of anilines is 1. The molecular formula is C15H15N5O3S. The highest BCUT2D eigenvalue weighted by atomic mass is 32.2. The van der Waals surface area contributed by atoms with Gasteiger partial charge in [-0.2, -0.15) is 5.10 Å². The zero-order valence-electron chi connectivity index (χ0n) is 12.6. The van der Waals surface area contributed by atoms with E-state index < -0.39 is 10.0 Å². The van der Waals surface area contributed by atoms with Crippen molar-refractivity contribution in [3.63, 3.8) is 0 Å². The highest BCUT2D eigenvalue weighted by molar-refractivity contribution is 7.92. The van der Waals surface area contributed by atoms with Gasteiger partial charge in [0.1, 0.15) is 12.4 Å². The van der Waals surface area contributed by atoms with Crippen molar-refractivity contribution in [2.45, 2.75) is 11.4 Å². The highest BCUT2D eigenvalue weighted by Crippen LogP contribution is 2.17. The van der Waals surface area contributed by atoms with Crippen molar-refractivity contribution in [3.8, 4) is 5.75 Å². The Morgan fingerprint density at radius 3 is 2.46 bits per heavy atom. The third-order valence-electron chi connectivity index (χ3n) is 3.07. The molecule has 8 nitrogen and oxygen atoms in total. The molecule has 0 aliphatic rings. The molecule has 0 saturated carbocycles. The smallest absolute Gasteiger partial charge is 0.264 e. The largest absolute Gasteiger partial charge is 0.492 e. The Bertz CT molecular complexity index is 865. The average Bonchev–Trinajstić information content (AvgIpc) is 3.09. The number of benzene rings is 1. The number of aromatic nitrogens is 4. The lowest BCUT2D eigenvalue weighted by Crippen LogP contribution is -2.14. The Labute approximate surface area is 139 Å². The van der Waals surface area contributed by atoms with Crippen LogP contribution in [0.1, 0.15) is 0 Å². The molecule has 0 unspecified atom stereocenters. The third-order valence-corrected chi connectivity index (χ3v) is 4.42. The van der Waals surface area contributed by atoms with Crippen molar-refractivity contribution in [1.82, 2.24) is 19.7 Å². The summed E-state index contributed by atoms with van der Waals surface area (Å²) in [6, 6.07) is 9.58. The summed E-state index contributed by atoms with van der Waals surface area (Å²) in [4.78, 5) is 7.78. The van der Waals surface area contributed by atoms with Crippen LogP contribution in [0.25, 0.3) is 0 Å². The van der Waals surface area contributed by atoms with E-state index in [2.05, 4.69) is 19.8 Å². The maximum absolute atomic E-state index is 12.2. The van der Waals surface area contributed by atoms with Crippen LogP contribution in [-0.4, -0.2) is 34.8 Å². The number of rotatable bonds is 7. The summed E-state index contributed by atoms with van der Waals surface area (Å²) >= 11 is 0. The zero-order valence-corrected chi connectivity index (χ0v) is 13.4. The summed E-state index contributed by atoms with van der Waals surface area (Å²) < 4.78 is 34.1. The van der Waals surface area contributed by atoms with E-state index >= 15 is 0 Å². The molecule has 1 N–H and O–H groups in total.